The molecule has 0 saturated carbocycles. The molecule has 0 aliphatic heterocycles. The maximum absolute atomic E-state index is 12.7. The number of nitrogen functional groups attached to an aromatic ring is 1. The van der Waals surface area contributed by atoms with Crippen LogP contribution in [0.1, 0.15) is 11.3 Å². The predicted molar refractivity (Wildman–Crippen MR) is 79.6 cm³/mol. The molecule has 0 amide bonds. The van der Waals surface area contributed by atoms with E-state index in [-0.39, 0.29) is 5.69 Å². The summed E-state index contributed by atoms with van der Waals surface area (Å²) >= 11 is 10.9. The van der Waals surface area contributed by atoms with Crippen molar-refractivity contribution in [1.82, 2.24) is 9.78 Å². The van der Waals surface area contributed by atoms with Gasteiger partial charge in [0.1, 0.15) is 17.6 Å². The molecule has 2 N–H and O–H groups in total. The Morgan fingerprint density at radius 1 is 1.12 bits per heavy atom. The van der Waals surface area contributed by atoms with Crippen LogP contribution < -0.4 is 5.73 Å². The van der Waals surface area contributed by atoms with Crippen molar-refractivity contribution in [3.8, 4) is 11.8 Å². The third-order valence-corrected chi connectivity index (χ3v) is 4.17. The van der Waals surface area contributed by atoms with Crippen LogP contribution in [0.2, 0.25) is 10.0 Å². The van der Waals surface area contributed by atoms with Crippen LogP contribution in [0, 0.1) is 11.3 Å². The Morgan fingerprint density at radius 3 is 2.04 bits per heavy atom. The molecule has 0 saturated heterocycles. The molecule has 0 aliphatic rings. The van der Waals surface area contributed by atoms with Gasteiger partial charge in [-0.15, -0.1) is 0 Å². The fraction of sp³-hybridized carbons (Fsp3) is 0.167. The number of nitrogens with zero attached hydrogens (tertiary/aromatic N) is 3. The molecule has 13 heteroatoms. The van der Waals surface area contributed by atoms with E-state index in [9.17, 15) is 26.3 Å². The van der Waals surface area contributed by atoms with E-state index in [1.807, 2.05) is 0 Å². The number of anilines is 1. The zero-order chi connectivity index (χ0) is 19.2. The van der Waals surface area contributed by atoms with Crippen molar-refractivity contribution >= 4 is 40.8 Å². The maximum Gasteiger partial charge on any atom is 0.446 e. The average Bonchev–Trinajstić information content (AvgIpc) is 2.73. The van der Waals surface area contributed by atoms with E-state index in [0.29, 0.717) is 16.8 Å². The van der Waals surface area contributed by atoms with Crippen LogP contribution >= 0.6 is 35.0 Å². The van der Waals surface area contributed by atoms with Crippen molar-refractivity contribution in [2.24, 2.45) is 0 Å². The number of hydrogen-bond donors (Lipinski definition) is 1. The lowest BCUT2D eigenvalue weighted by Gasteiger charge is -2.13. The Labute approximate surface area is 150 Å². The molecule has 2 rings (SSSR count). The first kappa shape index (κ1) is 19.6. The van der Waals surface area contributed by atoms with Gasteiger partial charge in [0, 0.05) is 0 Å². The number of hydrogen-bond acceptors (Lipinski definition) is 4. The summed E-state index contributed by atoms with van der Waals surface area (Å²) in [5.74, 6) is -0.637. The summed E-state index contributed by atoms with van der Waals surface area (Å²) in [6.07, 6.45) is -4.74. The van der Waals surface area contributed by atoms with E-state index in [2.05, 4.69) is 5.10 Å². The van der Waals surface area contributed by atoms with Crippen LogP contribution in [0.25, 0.3) is 5.69 Å². The van der Waals surface area contributed by atoms with E-state index in [0.717, 1.165) is 0 Å². The predicted octanol–water partition coefficient (Wildman–Crippen LogP) is 5.26. The molecule has 0 atom stereocenters. The molecule has 134 valence electrons. The quantitative estimate of drug-likeness (QED) is 0.531. The third kappa shape index (κ3) is 4.08. The molecule has 0 bridgehead atoms. The smallest absolute Gasteiger partial charge is 0.383 e. The molecule has 0 spiro atoms. The third-order valence-electron chi connectivity index (χ3n) is 2.76. The molecule has 2 aromatic rings. The monoisotopic (exact) mass is 420 g/mol. The molecule has 1 aromatic carbocycles. The van der Waals surface area contributed by atoms with E-state index in [4.69, 9.17) is 34.2 Å². The van der Waals surface area contributed by atoms with Crippen LogP contribution in [-0.2, 0) is 6.18 Å². The van der Waals surface area contributed by atoms with Crippen LogP contribution in [0.4, 0.5) is 32.2 Å². The average molecular weight is 421 g/mol. The summed E-state index contributed by atoms with van der Waals surface area (Å²) in [5.41, 5.74) is -1.41. The number of rotatable bonds is 2. The first-order chi connectivity index (χ1) is 11.3. The molecule has 0 fully saturated rings. The highest BCUT2D eigenvalue weighted by Crippen LogP contribution is 2.44. The number of nitriles is 1. The van der Waals surface area contributed by atoms with Crippen molar-refractivity contribution in [3.63, 3.8) is 0 Å². The van der Waals surface area contributed by atoms with Crippen molar-refractivity contribution < 1.29 is 26.3 Å². The second kappa shape index (κ2) is 6.51. The Bertz CT molecular complexity index is 845. The number of alkyl halides is 6. The first-order valence-corrected chi connectivity index (χ1v) is 7.53. The van der Waals surface area contributed by atoms with Crippen LogP contribution in [0.15, 0.2) is 17.0 Å². The Morgan fingerprint density at radius 2 is 1.64 bits per heavy atom. The highest BCUT2D eigenvalue weighted by molar-refractivity contribution is 8.00. The molecule has 0 aliphatic carbocycles. The van der Waals surface area contributed by atoms with E-state index >= 15 is 0 Å². The largest absolute Gasteiger partial charge is 0.446 e. The van der Waals surface area contributed by atoms with Crippen molar-refractivity contribution in [1.29, 1.82) is 5.26 Å². The van der Waals surface area contributed by atoms with Crippen molar-refractivity contribution in [2.45, 2.75) is 16.6 Å². The molecule has 4 nitrogen and oxygen atoms in total. The summed E-state index contributed by atoms with van der Waals surface area (Å²) in [6, 6.07) is 2.47. The zero-order valence-corrected chi connectivity index (χ0v) is 13.8. The molecule has 1 heterocycles. The van der Waals surface area contributed by atoms with Crippen LogP contribution in [0.3, 0.4) is 0 Å². The summed E-state index contributed by atoms with van der Waals surface area (Å²) < 4.78 is 76.5. The number of aromatic nitrogens is 2. The van der Waals surface area contributed by atoms with Gasteiger partial charge in [-0.1, -0.05) is 23.2 Å². The van der Waals surface area contributed by atoms with Crippen LogP contribution in [0.5, 0.6) is 0 Å². The summed E-state index contributed by atoms with van der Waals surface area (Å²) in [7, 11) is 0. The molecular weight excluding hydrogens is 417 g/mol. The number of halogens is 8. The minimum atomic E-state index is -4.76. The van der Waals surface area contributed by atoms with Gasteiger partial charge in [-0.05, 0) is 23.9 Å². The first-order valence-electron chi connectivity index (χ1n) is 5.96. The lowest BCUT2D eigenvalue weighted by atomic mass is 10.2. The molecule has 1 aromatic heterocycles. The summed E-state index contributed by atoms with van der Waals surface area (Å²) in [4.78, 5) is -0.706. The van der Waals surface area contributed by atoms with E-state index < -0.39 is 55.5 Å². The molecule has 0 radical (unpaired) electrons. The fourth-order valence-electron chi connectivity index (χ4n) is 1.81. The number of thioether (sulfide) groups is 1. The summed E-state index contributed by atoms with van der Waals surface area (Å²) in [5, 5.41) is 11.4. The normalized spacial score (nSPS) is 12.3. The second-order valence-electron chi connectivity index (χ2n) is 4.42. The van der Waals surface area contributed by atoms with Gasteiger partial charge in [0.15, 0.2) is 5.69 Å². The van der Waals surface area contributed by atoms with Gasteiger partial charge in [0.2, 0.25) is 0 Å². The van der Waals surface area contributed by atoms with Gasteiger partial charge in [0.05, 0.1) is 20.5 Å². The SMILES string of the molecule is N#Cc1nn(-c2c(Cl)cc(C(F)(F)F)cc2Cl)c(N)c1SC(F)(F)F. The Balaban J connectivity index is 2.66. The molecule has 0 unspecified atom stereocenters. The number of benzene rings is 1. The molecule has 25 heavy (non-hydrogen) atoms. The summed E-state index contributed by atoms with van der Waals surface area (Å²) in [6.45, 7) is 0. The van der Waals surface area contributed by atoms with Crippen molar-refractivity contribution in [3.05, 3.63) is 33.4 Å². The van der Waals surface area contributed by atoms with E-state index in [1.165, 1.54) is 6.07 Å². The Kier molecular flexibility index (Phi) is 5.09. The van der Waals surface area contributed by atoms with Gasteiger partial charge in [-0.3, -0.25) is 0 Å². The van der Waals surface area contributed by atoms with Crippen molar-refractivity contribution in [2.75, 3.05) is 5.73 Å². The second-order valence-corrected chi connectivity index (χ2v) is 6.31. The van der Waals surface area contributed by atoms with Crippen LogP contribution in [-0.4, -0.2) is 15.3 Å². The fourth-order valence-corrected chi connectivity index (χ4v) is 3.06. The highest BCUT2D eigenvalue weighted by Gasteiger charge is 2.35. The van der Waals surface area contributed by atoms with Gasteiger partial charge < -0.3 is 5.73 Å². The standard InChI is InChI=1S/C12H4Cl2F6N4S/c13-5-1-4(11(15,16)17)2-6(14)8(5)24-10(22)9(7(3-21)23-24)25-12(18,19)20/h1-2H,22H2. The highest BCUT2D eigenvalue weighted by atomic mass is 35.5. The Hall–Kier alpha value is -1.77. The van der Waals surface area contributed by atoms with Gasteiger partial charge in [-0.2, -0.15) is 36.7 Å². The lowest BCUT2D eigenvalue weighted by molar-refractivity contribution is -0.137. The molecular formula is C12H4Cl2F6N4S. The lowest BCUT2D eigenvalue weighted by Crippen LogP contribution is -2.09. The minimum Gasteiger partial charge on any atom is -0.383 e. The zero-order valence-electron chi connectivity index (χ0n) is 11.5. The minimum absolute atomic E-state index is 0.376. The number of nitrogens with two attached hydrogens (primary N) is 1. The van der Waals surface area contributed by atoms with Gasteiger partial charge in [-0.25, -0.2) is 4.68 Å². The topological polar surface area (TPSA) is 67.6 Å². The van der Waals surface area contributed by atoms with Gasteiger partial charge in [0.25, 0.3) is 0 Å². The maximum atomic E-state index is 12.7. The van der Waals surface area contributed by atoms with Gasteiger partial charge >= 0.3 is 11.7 Å². The van der Waals surface area contributed by atoms with E-state index in [1.54, 1.807) is 0 Å².